The van der Waals surface area contributed by atoms with Crippen LogP contribution in [-0.4, -0.2) is 24.5 Å². The molecular weight excluding hydrogens is 335 g/mol. The maximum atomic E-state index is 13.8. The monoisotopic (exact) mass is 358 g/mol. The van der Waals surface area contributed by atoms with Crippen molar-refractivity contribution >= 4 is 17.5 Å². The van der Waals surface area contributed by atoms with Crippen molar-refractivity contribution in [2.24, 2.45) is 0 Å². The zero-order chi connectivity index (χ0) is 18.9. The number of para-hydroxylation sites is 2. The fourth-order valence-electron chi connectivity index (χ4n) is 2.35. The second-order valence-corrected chi connectivity index (χ2v) is 5.74. The summed E-state index contributed by atoms with van der Waals surface area (Å²) >= 11 is 0. The number of rotatable bonds is 8. The molecule has 0 saturated heterocycles. The summed E-state index contributed by atoms with van der Waals surface area (Å²) in [6, 6.07) is 12.7. The van der Waals surface area contributed by atoms with E-state index >= 15 is 0 Å². The number of nitrogens with one attached hydrogen (secondary N) is 2. The third kappa shape index (κ3) is 5.05. The van der Waals surface area contributed by atoms with Gasteiger partial charge in [-0.2, -0.15) is 0 Å². The maximum Gasteiger partial charge on any atom is 0.265 e. The van der Waals surface area contributed by atoms with Crippen LogP contribution >= 0.6 is 0 Å². The molecule has 0 unspecified atom stereocenters. The van der Waals surface area contributed by atoms with Crippen molar-refractivity contribution in [3.8, 4) is 5.75 Å². The van der Waals surface area contributed by atoms with Crippen molar-refractivity contribution in [3.05, 3.63) is 59.9 Å². The number of anilines is 1. The molecule has 2 aromatic rings. The summed E-state index contributed by atoms with van der Waals surface area (Å²) in [6.07, 6.45) is 0.289. The number of halogens is 1. The lowest BCUT2D eigenvalue weighted by molar-refractivity contribution is -0.122. The topological polar surface area (TPSA) is 67.4 Å². The van der Waals surface area contributed by atoms with E-state index in [0.717, 1.165) is 6.42 Å². The fraction of sp³-hybridized carbons (Fsp3) is 0.300. The van der Waals surface area contributed by atoms with Gasteiger partial charge in [-0.1, -0.05) is 38.1 Å². The lowest BCUT2D eigenvalue weighted by Gasteiger charge is -2.18. The molecule has 0 radical (unpaired) electrons. The number of hydrogen-bond donors (Lipinski definition) is 2. The molecular formula is C20H23FN2O3. The van der Waals surface area contributed by atoms with Crippen LogP contribution in [0.4, 0.5) is 10.1 Å². The number of carbonyl (C=O) groups excluding carboxylic acids is 2. The largest absolute Gasteiger partial charge is 0.478 e. The highest BCUT2D eigenvalue weighted by molar-refractivity contribution is 6.04. The van der Waals surface area contributed by atoms with E-state index in [2.05, 4.69) is 10.6 Å². The van der Waals surface area contributed by atoms with E-state index in [4.69, 9.17) is 4.74 Å². The predicted octanol–water partition coefficient (Wildman–Crippen LogP) is 3.76. The minimum Gasteiger partial charge on any atom is -0.478 e. The quantitative estimate of drug-likeness (QED) is 0.755. The minimum absolute atomic E-state index is 0.0171. The molecule has 2 rings (SSSR count). The van der Waals surface area contributed by atoms with E-state index in [1.807, 2.05) is 6.92 Å². The zero-order valence-electron chi connectivity index (χ0n) is 14.9. The van der Waals surface area contributed by atoms with Crippen LogP contribution in [0.15, 0.2) is 48.5 Å². The molecule has 2 amide bonds. The SMILES string of the molecule is CCCNC(=O)c1ccccc1NC(=O)[C@H](CC)Oc1ccccc1F. The molecule has 0 heterocycles. The Labute approximate surface area is 152 Å². The van der Waals surface area contributed by atoms with Crippen LogP contribution in [0.3, 0.4) is 0 Å². The molecule has 0 aliphatic rings. The first-order chi connectivity index (χ1) is 12.6. The average Bonchev–Trinajstić information content (AvgIpc) is 2.65. The van der Waals surface area contributed by atoms with Crippen LogP contribution in [-0.2, 0) is 4.79 Å². The molecule has 26 heavy (non-hydrogen) atoms. The van der Waals surface area contributed by atoms with Gasteiger partial charge in [0.2, 0.25) is 0 Å². The van der Waals surface area contributed by atoms with E-state index in [9.17, 15) is 14.0 Å². The fourth-order valence-corrected chi connectivity index (χ4v) is 2.35. The van der Waals surface area contributed by atoms with E-state index in [-0.39, 0.29) is 11.7 Å². The van der Waals surface area contributed by atoms with Crippen LogP contribution in [0.1, 0.15) is 37.0 Å². The third-order valence-corrected chi connectivity index (χ3v) is 3.73. The summed E-state index contributed by atoms with van der Waals surface area (Å²) in [5.41, 5.74) is 0.761. The number of benzene rings is 2. The van der Waals surface area contributed by atoms with Gasteiger partial charge in [0, 0.05) is 6.54 Å². The standard InChI is InChI=1S/C20H23FN2O3/c1-3-13-22-19(24)14-9-5-7-11-16(14)23-20(25)17(4-2)26-18-12-8-6-10-15(18)21/h5-12,17H,3-4,13H2,1-2H3,(H,22,24)(H,23,25)/t17-/m0/s1. The molecule has 0 aliphatic heterocycles. The van der Waals surface area contributed by atoms with Gasteiger partial charge in [-0.25, -0.2) is 4.39 Å². The molecule has 0 aliphatic carbocycles. The van der Waals surface area contributed by atoms with Crippen LogP contribution < -0.4 is 15.4 Å². The Kier molecular flexibility index (Phi) is 7.14. The average molecular weight is 358 g/mol. The summed E-state index contributed by atoms with van der Waals surface area (Å²) in [6.45, 7) is 4.28. The molecule has 0 fully saturated rings. The van der Waals surface area contributed by atoms with E-state index < -0.39 is 17.8 Å². The van der Waals surface area contributed by atoms with Gasteiger partial charge in [-0.15, -0.1) is 0 Å². The Hall–Kier alpha value is -2.89. The Morgan fingerprint density at radius 2 is 1.77 bits per heavy atom. The molecule has 1 atom stereocenters. The minimum atomic E-state index is -0.876. The lowest BCUT2D eigenvalue weighted by Crippen LogP contribution is -2.33. The first kappa shape index (κ1) is 19.4. The Morgan fingerprint density at radius 1 is 1.08 bits per heavy atom. The second-order valence-electron chi connectivity index (χ2n) is 5.74. The Balaban J connectivity index is 2.13. The molecule has 2 aromatic carbocycles. The van der Waals surface area contributed by atoms with E-state index in [0.29, 0.717) is 24.2 Å². The van der Waals surface area contributed by atoms with Gasteiger partial charge in [-0.3, -0.25) is 9.59 Å². The van der Waals surface area contributed by atoms with Crippen molar-refractivity contribution in [2.45, 2.75) is 32.8 Å². The van der Waals surface area contributed by atoms with Crippen LogP contribution in [0.25, 0.3) is 0 Å². The van der Waals surface area contributed by atoms with Gasteiger partial charge in [0.25, 0.3) is 11.8 Å². The maximum absolute atomic E-state index is 13.8. The molecule has 6 heteroatoms. The zero-order valence-corrected chi connectivity index (χ0v) is 14.9. The van der Waals surface area contributed by atoms with Gasteiger partial charge in [0.1, 0.15) is 0 Å². The Bertz CT molecular complexity index is 764. The number of carbonyl (C=O) groups is 2. The highest BCUT2D eigenvalue weighted by Gasteiger charge is 2.21. The number of amides is 2. The molecule has 0 aromatic heterocycles. The number of ether oxygens (including phenoxy) is 1. The van der Waals surface area contributed by atoms with Crippen molar-refractivity contribution < 1.29 is 18.7 Å². The molecule has 138 valence electrons. The smallest absolute Gasteiger partial charge is 0.265 e. The van der Waals surface area contributed by atoms with Crippen molar-refractivity contribution in [1.29, 1.82) is 0 Å². The summed E-state index contributed by atoms with van der Waals surface area (Å²) < 4.78 is 19.3. The summed E-state index contributed by atoms with van der Waals surface area (Å²) in [5, 5.41) is 5.49. The highest BCUT2D eigenvalue weighted by Crippen LogP contribution is 2.20. The summed E-state index contributed by atoms with van der Waals surface area (Å²) in [7, 11) is 0. The lowest BCUT2D eigenvalue weighted by atomic mass is 10.1. The summed E-state index contributed by atoms with van der Waals surface area (Å²) in [4.78, 5) is 24.8. The van der Waals surface area contributed by atoms with Gasteiger partial charge in [0.15, 0.2) is 17.7 Å². The van der Waals surface area contributed by atoms with Gasteiger partial charge < -0.3 is 15.4 Å². The molecule has 0 spiro atoms. The van der Waals surface area contributed by atoms with Crippen LogP contribution in [0.2, 0.25) is 0 Å². The molecule has 0 bridgehead atoms. The first-order valence-electron chi connectivity index (χ1n) is 8.66. The Morgan fingerprint density at radius 3 is 2.46 bits per heavy atom. The van der Waals surface area contributed by atoms with Gasteiger partial charge >= 0.3 is 0 Å². The van der Waals surface area contributed by atoms with E-state index in [1.54, 1.807) is 43.3 Å². The predicted molar refractivity (Wildman–Crippen MR) is 98.8 cm³/mol. The van der Waals surface area contributed by atoms with E-state index in [1.165, 1.54) is 12.1 Å². The molecule has 2 N–H and O–H groups in total. The van der Waals surface area contributed by atoms with Crippen LogP contribution in [0.5, 0.6) is 5.75 Å². The first-order valence-corrected chi connectivity index (χ1v) is 8.66. The molecule has 0 saturated carbocycles. The van der Waals surface area contributed by atoms with Gasteiger partial charge in [0.05, 0.1) is 11.3 Å². The summed E-state index contributed by atoms with van der Waals surface area (Å²) in [5.74, 6) is -1.21. The normalized spacial score (nSPS) is 11.5. The van der Waals surface area contributed by atoms with Gasteiger partial charge in [-0.05, 0) is 37.1 Å². The highest BCUT2D eigenvalue weighted by atomic mass is 19.1. The van der Waals surface area contributed by atoms with Crippen molar-refractivity contribution in [1.82, 2.24) is 5.32 Å². The second kappa shape index (κ2) is 9.56. The third-order valence-electron chi connectivity index (χ3n) is 3.73. The molecule has 5 nitrogen and oxygen atoms in total. The van der Waals surface area contributed by atoms with Crippen molar-refractivity contribution in [2.75, 3.05) is 11.9 Å². The van der Waals surface area contributed by atoms with Crippen molar-refractivity contribution in [3.63, 3.8) is 0 Å². The van der Waals surface area contributed by atoms with Crippen LogP contribution in [0, 0.1) is 5.82 Å². The number of hydrogen-bond acceptors (Lipinski definition) is 3.